The summed E-state index contributed by atoms with van der Waals surface area (Å²) in [5, 5.41) is 3.61. The van der Waals surface area contributed by atoms with E-state index in [4.69, 9.17) is 0 Å². The zero-order valence-electron chi connectivity index (χ0n) is 12.0. The summed E-state index contributed by atoms with van der Waals surface area (Å²) in [4.78, 5) is 14.5. The van der Waals surface area contributed by atoms with Crippen LogP contribution in [0.15, 0.2) is 0 Å². The number of carbonyl (C=O) groups excluding carboxylic acids is 1. The molecule has 2 unspecified atom stereocenters. The van der Waals surface area contributed by atoms with Crippen molar-refractivity contribution in [3.63, 3.8) is 0 Å². The van der Waals surface area contributed by atoms with Crippen LogP contribution in [0.2, 0.25) is 0 Å². The molecule has 104 valence electrons. The number of hydrogen-bond donors (Lipinski definition) is 1. The predicted molar refractivity (Wildman–Crippen MR) is 74.4 cm³/mol. The van der Waals surface area contributed by atoms with Gasteiger partial charge in [-0.3, -0.25) is 4.79 Å². The number of nitrogens with one attached hydrogen (secondary N) is 1. The van der Waals surface area contributed by atoms with Gasteiger partial charge in [0.25, 0.3) is 0 Å². The quantitative estimate of drug-likeness (QED) is 0.833. The number of carbonyl (C=O) groups is 1. The van der Waals surface area contributed by atoms with Crippen molar-refractivity contribution in [1.82, 2.24) is 10.2 Å². The summed E-state index contributed by atoms with van der Waals surface area (Å²) in [5.74, 6) is 1.38. The highest BCUT2D eigenvalue weighted by molar-refractivity contribution is 5.79. The summed E-state index contributed by atoms with van der Waals surface area (Å²) in [6.07, 6.45) is 7.07. The molecule has 0 aromatic rings. The Morgan fingerprint density at radius 2 is 2.00 bits per heavy atom. The third-order valence-electron chi connectivity index (χ3n) is 4.58. The van der Waals surface area contributed by atoms with Crippen molar-refractivity contribution in [3.05, 3.63) is 0 Å². The van der Waals surface area contributed by atoms with Crippen LogP contribution >= 0.6 is 0 Å². The van der Waals surface area contributed by atoms with Gasteiger partial charge in [0.2, 0.25) is 5.91 Å². The highest BCUT2D eigenvalue weighted by atomic mass is 16.2. The summed E-state index contributed by atoms with van der Waals surface area (Å²) in [6.45, 7) is 7.50. The van der Waals surface area contributed by atoms with Crippen LogP contribution in [0.3, 0.4) is 0 Å². The normalized spacial score (nSPS) is 29.8. The first kappa shape index (κ1) is 13.9. The Bertz CT molecular complexity index is 274. The highest BCUT2D eigenvalue weighted by Gasteiger charge is 2.32. The minimum atomic E-state index is 0.345. The molecule has 2 rings (SSSR count). The van der Waals surface area contributed by atoms with E-state index < -0.39 is 0 Å². The SMILES string of the molecule is CCCNC1CCN(C(=O)C2CCCC2)CC1C. The molecular weight excluding hydrogens is 224 g/mol. The second-order valence-electron chi connectivity index (χ2n) is 6.09. The van der Waals surface area contributed by atoms with Crippen LogP contribution in [-0.4, -0.2) is 36.5 Å². The lowest BCUT2D eigenvalue weighted by Crippen LogP contribution is -2.51. The van der Waals surface area contributed by atoms with Gasteiger partial charge in [-0.25, -0.2) is 0 Å². The van der Waals surface area contributed by atoms with Crippen molar-refractivity contribution in [3.8, 4) is 0 Å². The Balaban J connectivity index is 1.81. The van der Waals surface area contributed by atoms with Crippen molar-refractivity contribution >= 4 is 5.91 Å². The largest absolute Gasteiger partial charge is 0.342 e. The minimum Gasteiger partial charge on any atom is -0.342 e. The molecule has 1 saturated carbocycles. The van der Waals surface area contributed by atoms with Gasteiger partial charge in [0.05, 0.1) is 0 Å². The number of piperidine rings is 1. The Morgan fingerprint density at radius 3 is 2.61 bits per heavy atom. The van der Waals surface area contributed by atoms with Gasteiger partial charge in [0.1, 0.15) is 0 Å². The summed E-state index contributed by atoms with van der Waals surface area (Å²) >= 11 is 0. The zero-order valence-corrected chi connectivity index (χ0v) is 12.0. The van der Waals surface area contributed by atoms with Crippen molar-refractivity contribution in [2.75, 3.05) is 19.6 Å². The van der Waals surface area contributed by atoms with Gasteiger partial charge in [0.15, 0.2) is 0 Å². The van der Waals surface area contributed by atoms with Crippen LogP contribution in [0, 0.1) is 11.8 Å². The molecule has 1 saturated heterocycles. The average molecular weight is 252 g/mol. The topological polar surface area (TPSA) is 32.3 Å². The standard InChI is InChI=1S/C15H28N2O/c1-3-9-16-14-8-10-17(11-12(14)2)15(18)13-6-4-5-7-13/h12-14,16H,3-11H2,1-2H3. The highest BCUT2D eigenvalue weighted by Crippen LogP contribution is 2.28. The van der Waals surface area contributed by atoms with E-state index in [0.717, 1.165) is 38.9 Å². The van der Waals surface area contributed by atoms with E-state index in [1.165, 1.54) is 19.3 Å². The first-order valence-electron chi connectivity index (χ1n) is 7.74. The number of likely N-dealkylation sites (tertiary alicyclic amines) is 1. The van der Waals surface area contributed by atoms with Crippen molar-refractivity contribution in [2.24, 2.45) is 11.8 Å². The Kier molecular flexibility index (Phi) is 5.04. The summed E-state index contributed by atoms with van der Waals surface area (Å²) in [7, 11) is 0. The monoisotopic (exact) mass is 252 g/mol. The second kappa shape index (κ2) is 6.55. The van der Waals surface area contributed by atoms with Crippen LogP contribution in [0.4, 0.5) is 0 Å². The fourth-order valence-corrected chi connectivity index (χ4v) is 3.41. The van der Waals surface area contributed by atoms with Crippen LogP contribution in [-0.2, 0) is 4.79 Å². The lowest BCUT2D eigenvalue weighted by molar-refractivity contribution is -0.137. The Morgan fingerprint density at radius 1 is 1.28 bits per heavy atom. The molecule has 0 aromatic heterocycles. The summed E-state index contributed by atoms with van der Waals surface area (Å²) in [6, 6.07) is 0.609. The summed E-state index contributed by atoms with van der Waals surface area (Å²) < 4.78 is 0. The van der Waals surface area contributed by atoms with Crippen molar-refractivity contribution < 1.29 is 4.79 Å². The molecule has 0 spiro atoms. The molecule has 1 amide bonds. The first-order chi connectivity index (χ1) is 8.72. The maximum atomic E-state index is 12.4. The molecule has 18 heavy (non-hydrogen) atoms. The number of hydrogen-bond acceptors (Lipinski definition) is 2. The van der Waals surface area contributed by atoms with E-state index in [-0.39, 0.29) is 0 Å². The smallest absolute Gasteiger partial charge is 0.225 e. The third kappa shape index (κ3) is 3.25. The third-order valence-corrected chi connectivity index (χ3v) is 4.58. The number of rotatable bonds is 4. The van der Waals surface area contributed by atoms with Gasteiger partial charge in [-0.05, 0) is 38.1 Å². The zero-order chi connectivity index (χ0) is 13.0. The van der Waals surface area contributed by atoms with Crippen LogP contribution in [0.25, 0.3) is 0 Å². The average Bonchev–Trinajstić information content (AvgIpc) is 2.90. The lowest BCUT2D eigenvalue weighted by Gasteiger charge is -2.38. The molecule has 0 aromatic carbocycles. The molecule has 0 radical (unpaired) electrons. The predicted octanol–water partition coefficient (Wildman–Crippen LogP) is 2.41. The minimum absolute atomic E-state index is 0.345. The maximum absolute atomic E-state index is 12.4. The van der Waals surface area contributed by atoms with Crippen LogP contribution in [0.1, 0.15) is 52.4 Å². The van der Waals surface area contributed by atoms with Crippen molar-refractivity contribution in [1.29, 1.82) is 0 Å². The van der Waals surface area contributed by atoms with Gasteiger partial charge in [-0.15, -0.1) is 0 Å². The van der Waals surface area contributed by atoms with Gasteiger partial charge in [0, 0.05) is 25.0 Å². The fourth-order valence-electron chi connectivity index (χ4n) is 3.41. The van der Waals surface area contributed by atoms with Gasteiger partial charge < -0.3 is 10.2 Å². The molecule has 2 atom stereocenters. The second-order valence-corrected chi connectivity index (χ2v) is 6.09. The van der Waals surface area contributed by atoms with E-state index >= 15 is 0 Å². The molecule has 1 heterocycles. The van der Waals surface area contributed by atoms with Gasteiger partial charge >= 0.3 is 0 Å². The molecule has 1 aliphatic heterocycles. The molecule has 2 aliphatic rings. The number of amides is 1. The van der Waals surface area contributed by atoms with Crippen LogP contribution in [0.5, 0.6) is 0 Å². The first-order valence-corrected chi connectivity index (χ1v) is 7.74. The van der Waals surface area contributed by atoms with E-state index in [1.807, 2.05) is 0 Å². The Labute approximate surface area is 111 Å². The molecular formula is C15H28N2O. The maximum Gasteiger partial charge on any atom is 0.225 e. The van der Waals surface area contributed by atoms with E-state index in [2.05, 4.69) is 24.1 Å². The van der Waals surface area contributed by atoms with Crippen molar-refractivity contribution in [2.45, 2.75) is 58.4 Å². The molecule has 3 heteroatoms. The fraction of sp³-hybridized carbons (Fsp3) is 0.933. The van der Waals surface area contributed by atoms with E-state index in [0.29, 0.717) is 23.8 Å². The molecule has 1 N–H and O–H groups in total. The number of nitrogens with zero attached hydrogens (tertiary/aromatic N) is 1. The molecule has 0 bridgehead atoms. The van der Waals surface area contributed by atoms with E-state index in [9.17, 15) is 4.79 Å². The summed E-state index contributed by atoms with van der Waals surface area (Å²) in [5.41, 5.74) is 0. The van der Waals surface area contributed by atoms with Gasteiger partial charge in [-0.2, -0.15) is 0 Å². The van der Waals surface area contributed by atoms with Crippen LogP contribution < -0.4 is 5.32 Å². The van der Waals surface area contributed by atoms with Gasteiger partial charge in [-0.1, -0.05) is 26.7 Å². The van der Waals surface area contributed by atoms with E-state index in [1.54, 1.807) is 0 Å². The Hall–Kier alpha value is -0.570. The molecule has 2 fully saturated rings. The lowest BCUT2D eigenvalue weighted by atomic mass is 9.92. The molecule has 3 nitrogen and oxygen atoms in total. The molecule has 1 aliphatic carbocycles.